The van der Waals surface area contributed by atoms with E-state index in [4.69, 9.17) is 10.5 Å². The normalized spacial score (nSPS) is 10.8. The van der Waals surface area contributed by atoms with Crippen LogP contribution in [-0.2, 0) is 0 Å². The van der Waals surface area contributed by atoms with Gasteiger partial charge in [0.25, 0.3) is 0 Å². The molecule has 3 N–H and O–H groups in total. The predicted molar refractivity (Wildman–Crippen MR) is 82.5 cm³/mol. The monoisotopic (exact) mass is 284 g/mol. The number of anilines is 2. The topological polar surface area (TPSA) is 64.4 Å². The summed E-state index contributed by atoms with van der Waals surface area (Å²) in [7, 11) is 0. The van der Waals surface area contributed by atoms with Gasteiger partial charge in [-0.1, -0.05) is 20.3 Å². The zero-order valence-electron chi connectivity index (χ0n) is 12.2. The first kappa shape index (κ1) is 15.8. The molecule has 1 rings (SSSR count). The van der Waals surface area contributed by atoms with Crippen LogP contribution in [0.2, 0.25) is 0 Å². The summed E-state index contributed by atoms with van der Waals surface area (Å²) in [5, 5.41) is 4.19. The number of nitrogens with two attached hydrogens (primary N) is 1. The van der Waals surface area contributed by atoms with Gasteiger partial charge < -0.3 is 15.8 Å². The molecule has 1 aromatic rings. The summed E-state index contributed by atoms with van der Waals surface area (Å²) in [6.45, 7) is 8.75. The second-order valence-corrected chi connectivity index (χ2v) is 5.75. The highest BCUT2D eigenvalue weighted by Gasteiger charge is 2.21. The van der Waals surface area contributed by atoms with E-state index in [1.807, 2.05) is 20.8 Å². The molecule has 0 radical (unpaired) electrons. The Morgan fingerprint density at radius 3 is 2.63 bits per heavy atom. The lowest BCUT2D eigenvalue weighted by Gasteiger charge is -2.12. The van der Waals surface area contributed by atoms with E-state index in [9.17, 15) is 4.79 Å². The molecule has 1 heterocycles. The van der Waals surface area contributed by atoms with Crippen molar-refractivity contribution in [1.29, 1.82) is 0 Å². The summed E-state index contributed by atoms with van der Waals surface area (Å²) in [4.78, 5) is 12.5. The molecule has 0 aromatic carbocycles. The highest BCUT2D eigenvalue weighted by atomic mass is 32.1. The molecule has 5 heteroatoms. The first-order chi connectivity index (χ1) is 9.01. The van der Waals surface area contributed by atoms with Crippen LogP contribution in [0, 0.1) is 0 Å². The third-order valence-corrected chi connectivity index (χ3v) is 3.83. The summed E-state index contributed by atoms with van der Waals surface area (Å²) in [6.07, 6.45) is 2.69. The number of ketones is 1. The quantitative estimate of drug-likeness (QED) is 0.561. The zero-order valence-corrected chi connectivity index (χ0v) is 13.0. The average molecular weight is 284 g/mol. The van der Waals surface area contributed by atoms with Crippen molar-refractivity contribution < 1.29 is 9.53 Å². The number of rotatable bonds is 8. The Morgan fingerprint density at radius 1 is 1.42 bits per heavy atom. The Bertz CT molecular complexity index is 427. The molecule has 0 aliphatic rings. The third kappa shape index (κ3) is 4.13. The number of ether oxygens (including phenoxy) is 1. The van der Waals surface area contributed by atoms with Crippen molar-refractivity contribution in [3.8, 4) is 5.75 Å². The lowest BCUT2D eigenvalue weighted by molar-refractivity contribution is 0.0992. The predicted octanol–water partition coefficient (Wildman–Crippen LogP) is 3.92. The minimum absolute atomic E-state index is 0.0354. The van der Waals surface area contributed by atoms with Crippen molar-refractivity contribution in [3.05, 3.63) is 4.88 Å². The van der Waals surface area contributed by atoms with E-state index in [2.05, 4.69) is 12.2 Å². The molecule has 0 unspecified atom stereocenters. The van der Waals surface area contributed by atoms with Gasteiger partial charge in [-0.05, 0) is 20.3 Å². The van der Waals surface area contributed by atoms with Crippen LogP contribution < -0.4 is 15.8 Å². The first-order valence-electron chi connectivity index (χ1n) is 6.87. The Kier molecular flexibility index (Phi) is 6.15. The minimum Gasteiger partial charge on any atom is -0.486 e. The number of carbonyl (C=O) groups excluding carboxylic acids is 1. The van der Waals surface area contributed by atoms with Crippen LogP contribution in [0.5, 0.6) is 5.75 Å². The van der Waals surface area contributed by atoms with E-state index in [-0.39, 0.29) is 11.9 Å². The van der Waals surface area contributed by atoms with Crippen LogP contribution in [-0.4, -0.2) is 18.4 Å². The minimum atomic E-state index is 0.0354. The fourth-order valence-corrected chi connectivity index (χ4v) is 2.73. The zero-order chi connectivity index (χ0) is 14.4. The summed E-state index contributed by atoms with van der Waals surface area (Å²) in [5.74, 6) is 0.701. The number of hydrogen-bond acceptors (Lipinski definition) is 5. The summed E-state index contributed by atoms with van der Waals surface area (Å²) < 4.78 is 5.75. The Labute approximate surface area is 119 Å². The van der Waals surface area contributed by atoms with Gasteiger partial charge in [-0.25, -0.2) is 0 Å². The molecule has 4 nitrogen and oxygen atoms in total. The third-order valence-electron chi connectivity index (χ3n) is 2.64. The standard InChI is InChI=1S/C14H24N2O2S/c1-5-7-8-16-14-12(18-9(3)4)11(15)13(19-14)10(17)6-2/h9,16H,5-8,15H2,1-4H3. The van der Waals surface area contributed by atoms with Crippen molar-refractivity contribution in [2.75, 3.05) is 17.6 Å². The van der Waals surface area contributed by atoms with Gasteiger partial charge in [0.1, 0.15) is 5.00 Å². The van der Waals surface area contributed by atoms with Crippen LogP contribution in [0.3, 0.4) is 0 Å². The van der Waals surface area contributed by atoms with Crippen LogP contribution in [0.25, 0.3) is 0 Å². The maximum atomic E-state index is 11.9. The molecule has 0 amide bonds. The van der Waals surface area contributed by atoms with E-state index < -0.39 is 0 Å². The molecule has 108 valence electrons. The molecule has 0 saturated carbocycles. The molecule has 0 aliphatic carbocycles. The van der Waals surface area contributed by atoms with Gasteiger partial charge in [-0.2, -0.15) is 0 Å². The van der Waals surface area contributed by atoms with Crippen molar-refractivity contribution in [3.63, 3.8) is 0 Å². The summed E-state index contributed by atoms with van der Waals surface area (Å²) in [6, 6.07) is 0. The van der Waals surface area contributed by atoms with Crippen LogP contribution >= 0.6 is 11.3 Å². The number of unbranched alkanes of at least 4 members (excludes halogenated alkanes) is 1. The van der Waals surface area contributed by atoms with Gasteiger partial charge in [0.15, 0.2) is 11.5 Å². The maximum absolute atomic E-state index is 11.9. The summed E-state index contributed by atoms with van der Waals surface area (Å²) in [5.41, 5.74) is 6.53. The van der Waals surface area contributed by atoms with E-state index in [0.717, 1.165) is 24.4 Å². The molecule has 0 aliphatic heterocycles. The number of nitrogen functional groups attached to an aromatic ring is 1. The molecule has 0 fully saturated rings. The molecule has 19 heavy (non-hydrogen) atoms. The van der Waals surface area contributed by atoms with Gasteiger partial charge in [-0.15, -0.1) is 11.3 Å². The van der Waals surface area contributed by atoms with Gasteiger partial charge in [0.05, 0.1) is 16.7 Å². The average Bonchev–Trinajstić information content (AvgIpc) is 2.66. The molecule has 0 atom stereocenters. The maximum Gasteiger partial charge on any atom is 0.177 e. The number of Topliss-reactive ketones (excluding diaryl/α,β-unsaturated/α-hetero) is 1. The molecule has 0 saturated heterocycles. The van der Waals surface area contributed by atoms with Gasteiger partial charge in [-0.3, -0.25) is 4.79 Å². The second kappa shape index (κ2) is 7.38. The lowest BCUT2D eigenvalue weighted by Crippen LogP contribution is -2.09. The van der Waals surface area contributed by atoms with Crippen molar-refractivity contribution >= 4 is 27.8 Å². The smallest absolute Gasteiger partial charge is 0.177 e. The van der Waals surface area contributed by atoms with Crippen LogP contribution in [0.15, 0.2) is 0 Å². The molecule has 1 aromatic heterocycles. The largest absolute Gasteiger partial charge is 0.486 e. The second-order valence-electron chi connectivity index (χ2n) is 4.73. The van der Waals surface area contributed by atoms with Gasteiger partial charge in [0, 0.05) is 13.0 Å². The van der Waals surface area contributed by atoms with Crippen LogP contribution in [0.1, 0.15) is 56.6 Å². The Balaban J connectivity index is 3.01. The van der Waals surface area contributed by atoms with E-state index in [1.54, 1.807) is 0 Å². The highest BCUT2D eigenvalue weighted by molar-refractivity contribution is 7.19. The molecular weight excluding hydrogens is 260 g/mol. The number of carbonyl (C=O) groups is 1. The van der Waals surface area contributed by atoms with E-state index >= 15 is 0 Å². The van der Waals surface area contributed by atoms with Crippen molar-refractivity contribution in [1.82, 2.24) is 0 Å². The molecule has 0 spiro atoms. The van der Waals surface area contributed by atoms with Gasteiger partial charge in [0.2, 0.25) is 0 Å². The van der Waals surface area contributed by atoms with E-state index in [1.165, 1.54) is 11.3 Å². The SMILES string of the molecule is CCCCNc1sc(C(=O)CC)c(N)c1OC(C)C. The fourth-order valence-electron chi connectivity index (χ4n) is 1.64. The number of hydrogen-bond donors (Lipinski definition) is 2. The Hall–Kier alpha value is -1.23. The fraction of sp³-hybridized carbons (Fsp3) is 0.643. The highest BCUT2D eigenvalue weighted by Crippen LogP contribution is 2.43. The number of nitrogens with one attached hydrogen (secondary N) is 1. The van der Waals surface area contributed by atoms with E-state index in [0.29, 0.717) is 22.7 Å². The van der Waals surface area contributed by atoms with Crippen molar-refractivity contribution in [2.45, 2.75) is 53.1 Å². The Morgan fingerprint density at radius 2 is 2.11 bits per heavy atom. The van der Waals surface area contributed by atoms with Crippen molar-refractivity contribution in [2.24, 2.45) is 0 Å². The molecule has 0 bridgehead atoms. The first-order valence-corrected chi connectivity index (χ1v) is 7.68. The molecular formula is C14H24N2O2S. The van der Waals surface area contributed by atoms with Gasteiger partial charge >= 0.3 is 0 Å². The lowest BCUT2D eigenvalue weighted by atomic mass is 10.2. The summed E-state index contributed by atoms with van der Waals surface area (Å²) >= 11 is 1.40. The van der Waals surface area contributed by atoms with Crippen LogP contribution in [0.4, 0.5) is 10.7 Å². The number of thiophene rings is 1.